The van der Waals surface area contributed by atoms with Gasteiger partial charge in [0.05, 0.1) is 12.5 Å². The van der Waals surface area contributed by atoms with Crippen molar-refractivity contribution in [3.05, 3.63) is 30.1 Å². The van der Waals surface area contributed by atoms with Gasteiger partial charge in [-0.15, -0.1) is 0 Å². The average molecular weight is 260 g/mol. The molecule has 0 aliphatic carbocycles. The van der Waals surface area contributed by atoms with Crippen LogP contribution in [0.1, 0.15) is 31.7 Å². The second-order valence-electron chi connectivity index (χ2n) is 4.60. The first-order valence-corrected chi connectivity index (χ1v) is 6.42. The molecule has 102 valence electrons. The zero-order chi connectivity index (χ0) is 14.1. The Labute approximate surface area is 114 Å². The van der Waals surface area contributed by atoms with Crippen molar-refractivity contribution in [2.75, 3.05) is 6.54 Å². The van der Waals surface area contributed by atoms with Crippen molar-refractivity contribution in [3.8, 4) is 6.07 Å². The summed E-state index contributed by atoms with van der Waals surface area (Å²) in [5.74, 6) is 0.0383. The number of aromatic nitrogens is 1. The zero-order valence-electron chi connectivity index (χ0n) is 11.2. The van der Waals surface area contributed by atoms with Gasteiger partial charge in [-0.25, -0.2) is 0 Å². The minimum Gasteiger partial charge on any atom is -0.337 e. The summed E-state index contributed by atoms with van der Waals surface area (Å²) in [7, 11) is 0. The van der Waals surface area contributed by atoms with Crippen LogP contribution in [0.3, 0.4) is 0 Å². The molecule has 0 radical (unpaired) electrons. The molecule has 0 fully saturated rings. The molecule has 0 aliphatic rings. The summed E-state index contributed by atoms with van der Waals surface area (Å²) in [4.78, 5) is 17.8. The Morgan fingerprint density at radius 2 is 2.42 bits per heavy atom. The third-order valence-electron chi connectivity index (χ3n) is 2.76. The lowest BCUT2D eigenvalue weighted by Gasteiger charge is -2.22. The van der Waals surface area contributed by atoms with Crippen molar-refractivity contribution in [2.45, 2.75) is 38.8 Å². The number of rotatable bonds is 7. The summed E-state index contributed by atoms with van der Waals surface area (Å²) in [6.07, 6.45) is 4.85. The average Bonchev–Trinajstić information content (AvgIpc) is 2.41. The molecule has 1 amide bonds. The Bertz CT molecular complexity index is 425. The van der Waals surface area contributed by atoms with E-state index >= 15 is 0 Å². The van der Waals surface area contributed by atoms with Gasteiger partial charge in [0.1, 0.15) is 0 Å². The van der Waals surface area contributed by atoms with E-state index in [9.17, 15) is 4.79 Å². The number of nitrogens with zero attached hydrogens (tertiary/aromatic N) is 3. The van der Waals surface area contributed by atoms with Crippen LogP contribution in [-0.2, 0) is 11.3 Å². The molecule has 1 atom stereocenters. The molecular formula is C14H20N4O. The van der Waals surface area contributed by atoms with Gasteiger partial charge in [0, 0.05) is 37.9 Å². The molecule has 0 bridgehead atoms. The Hall–Kier alpha value is -1.93. The van der Waals surface area contributed by atoms with Crippen LogP contribution < -0.4 is 5.73 Å². The van der Waals surface area contributed by atoms with Crippen LogP contribution in [0.25, 0.3) is 0 Å². The predicted octanol–water partition coefficient (Wildman–Crippen LogP) is 1.45. The van der Waals surface area contributed by atoms with Crippen molar-refractivity contribution in [3.63, 3.8) is 0 Å². The van der Waals surface area contributed by atoms with Gasteiger partial charge in [0.15, 0.2) is 0 Å². The number of hydrogen-bond donors (Lipinski definition) is 1. The highest BCUT2D eigenvalue weighted by Gasteiger charge is 2.14. The Morgan fingerprint density at radius 1 is 1.63 bits per heavy atom. The quantitative estimate of drug-likeness (QED) is 0.804. The molecule has 0 saturated heterocycles. The van der Waals surface area contributed by atoms with Gasteiger partial charge < -0.3 is 10.6 Å². The molecule has 0 spiro atoms. The van der Waals surface area contributed by atoms with Crippen LogP contribution in [0.2, 0.25) is 0 Å². The maximum atomic E-state index is 12.1. The molecule has 1 rings (SSSR count). The monoisotopic (exact) mass is 260 g/mol. The van der Waals surface area contributed by atoms with Gasteiger partial charge in [-0.3, -0.25) is 9.78 Å². The minimum absolute atomic E-state index is 0.0140. The summed E-state index contributed by atoms with van der Waals surface area (Å²) in [5, 5.41) is 8.66. The number of pyridine rings is 1. The summed E-state index contributed by atoms with van der Waals surface area (Å²) in [6, 6.07) is 5.84. The highest BCUT2D eigenvalue weighted by Crippen LogP contribution is 2.07. The molecule has 0 saturated carbocycles. The van der Waals surface area contributed by atoms with E-state index in [0.717, 1.165) is 5.56 Å². The van der Waals surface area contributed by atoms with E-state index < -0.39 is 0 Å². The molecule has 19 heavy (non-hydrogen) atoms. The largest absolute Gasteiger partial charge is 0.337 e. The SMILES string of the molecule is CC(N)CCC(=O)N(CCC#N)Cc1cccnc1. The lowest BCUT2D eigenvalue weighted by Crippen LogP contribution is -2.32. The standard InChI is InChI=1S/C14H20N4O/c1-12(16)5-6-14(19)18(9-3-7-15)11-13-4-2-8-17-10-13/h2,4,8,10,12H,3,5-6,9,11,16H2,1H3. The number of carbonyl (C=O) groups is 1. The van der Waals surface area contributed by atoms with Crippen molar-refractivity contribution >= 4 is 5.91 Å². The highest BCUT2D eigenvalue weighted by molar-refractivity contribution is 5.76. The van der Waals surface area contributed by atoms with Gasteiger partial charge in [0.25, 0.3) is 0 Å². The highest BCUT2D eigenvalue weighted by atomic mass is 16.2. The fourth-order valence-electron chi connectivity index (χ4n) is 1.70. The molecule has 5 nitrogen and oxygen atoms in total. The Balaban J connectivity index is 2.61. The molecule has 1 heterocycles. The first kappa shape index (κ1) is 15.1. The van der Waals surface area contributed by atoms with E-state index in [1.807, 2.05) is 19.1 Å². The predicted molar refractivity (Wildman–Crippen MR) is 72.8 cm³/mol. The first-order valence-electron chi connectivity index (χ1n) is 6.42. The summed E-state index contributed by atoms with van der Waals surface area (Å²) < 4.78 is 0. The fraction of sp³-hybridized carbons (Fsp3) is 0.500. The van der Waals surface area contributed by atoms with Gasteiger partial charge in [-0.2, -0.15) is 5.26 Å². The minimum atomic E-state index is 0.0140. The summed E-state index contributed by atoms with van der Waals surface area (Å²) >= 11 is 0. The number of carbonyl (C=O) groups excluding carboxylic acids is 1. The fourth-order valence-corrected chi connectivity index (χ4v) is 1.70. The van der Waals surface area contributed by atoms with E-state index in [-0.39, 0.29) is 11.9 Å². The van der Waals surface area contributed by atoms with E-state index in [2.05, 4.69) is 11.1 Å². The smallest absolute Gasteiger partial charge is 0.222 e. The summed E-state index contributed by atoms with van der Waals surface area (Å²) in [6.45, 7) is 2.82. The van der Waals surface area contributed by atoms with E-state index in [1.165, 1.54) is 0 Å². The number of nitrogens with two attached hydrogens (primary N) is 1. The number of nitriles is 1. The van der Waals surface area contributed by atoms with E-state index in [4.69, 9.17) is 11.0 Å². The van der Waals surface area contributed by atoms with E-state index in [1.54, 1.807) is 17.3 Å². The third-order valence-corrected chi connectivity index (χ3v) is 2.76. The summed E-state index contributed by atoms with van der Waals surface area (Å²) in [5.41, 5.74) is 6.63. The van der Waals surface area contributed by atoms with Crippen LogP contribution in [0, 0.1) is 11.3 Å². The molecule has 0 aliphatic heterocycles. The van der Waals surface area contributed by atoms with Crippen LogP contribution in [0.4, 0.5) is 0 Å². The maximum Gasteiger partial charge on any atom is 0.222 e. The maximum absolute atomic E-state index is 12.1. The lowest BCUT2D eigenvalue weighted by atomic mass is 10.1. The van der Waals surface area contributed by atoms with E-state index in [0.29, 0.717) is 32.4 Å². The van der Waals surface area contributed by atoms with Crippen LogP contribution in [0.5, 0.6) is 0 Å². The molecule has 1 unspecified atom stereocenters. The normalized spacial score (nSPS) is 11.6. The first-order chi connectivity index (χ1) is 9.13. The molecule has 2 N–H and O–H groups in total. The topological polar surface area (TPSA) is 83.0 Å². The molecule has 5 heteroatoms. The molecule has 1 aromatic heterocycles. The Kier molecular flexibility index (Phi) is 6.55. The van der Waals surface area contributed by atoms with Gasteiger partial charge in [-0.1, -0.05) is 6.07 Å². The van der Waals surface area contributed by atoms with Crippen LogP contribution in [-0.4, -0.2) is 28.4 Å². The second-order valence-corrected chi connectivity index (χ2v) is 4.60. The number of amides is 1. The van der Waals surface area contributed by atoms with Crippen molar-refractivity contribution in [1.82, 2.24) is 9.88 Å². The third kappa shape index (κ3) is 5.98. The molecular weight excluding hydrogens is 240 g/mol. The molecule has 0 aromatic carbocycles. The van der Waals surface area contributed by atoms with Crippen LogP contribution >= 0.6 is 0 Å². The van der Waals surface area contributed by atoms with Crippen molar-refractivity contribution in [1.29, 1.82) is 5.26 Å². The van der Waals surface area contributed by atoms with Crippen molar-refractivity contribution in [2.24, 2.45) is 5.73 Å². The lowest BCUT2D eigenvalue weighted by molar-refractivity contribution is -0.131. The van der Waals surface area contributed by atoms with Gasteiger partial charge in [-0.05, 0) is 25.0 Å². The van der Waals surface area contributed by atoms with Crippen molar-refractivity contribution < 1.29 is 4.79 Å². The van der Waals surface area contributed by atoms with Gasteiger partial charge in [0.2, 0.25) is 5.91 Å². The number of hydrogen-bond acceptors (Lipinski definition) is 4. The second kappa shape index (κ2) is 8.22. The van der Waals surface area contributed by atoms with Gasteiger partial charge >= 0.3 is 0 Å². The molecule has 1 aromatic rings. The zero-order valence-corrected chi connectivity index (χ0v) is 11.2. The Morgan fingerprint density at radius 3 is 3.00 bits per heavy atom. The van der Waals surface area contributed by atoms with Crippen LogP contribution in [0.15, 0.2) is 24.5 Å².